The molecule has 3 aromatic rings. The number of rotatable bonds is 17. The second-order valence-electron chi connectivity index (χ2n) is 18.8. The molecule has 0 aromatic heterocycles. The number of halogens is 1. The smallest absolute Gasteiger partial charge is 0.255 e. The molecule has 12 N–H and O–H groups in total. The number of carbonyl (C=O) groups is 9. The number of nitrogens with zero attached hydrogens (tertiary/aromatic N) is 3. The number of ether oxygens (including phenoxy) is 2. The minimum Gasteiger partial charge on any atom is -0.508 e. The Hall–Kier alpha value is -8.10. The van der Waals surface area contributed by atoms with Crippen molar-refractivity contribution in [1.29, 1.82) is 0 Å². The average molecular weight is 1060 g/mol. The second kappa shape index (κ2) is 25.9. The van der Waals surface area contributed by atoms with Crippen molar-refractivity contribution in [3.8, 4) is 17.2 Å². The van der Waals surface area contributed by atoms with Crippen molar-refractivity contribution in [3.05, 3.63) is 71.0 Å². The van der Waals surface area contributed by atoms with E-state index in [1.807, 2.05) is 23.8 Å². The highest BCUT2D eigenvalue weighted by Gasteiger charge is 2.42. The molecule has 0 radical (unpaired) electrons. The zero-order chi connectivity index (χ0) is 54.5. The Labute approximate surface area is 436 Å². The first-order chi connectivity index (χ1) is 36.5. The third-order valence-corrected chi connectivity index (χ3v) is 13.0. The number of hydrogen-bond donors (Lipinski definition) is 11. The molecule has 26 heteroatoms. The van der Waals surface area contributed by atoms with E-state index in [2.05, 4.69) is 52.8 Å². The number of carbonyl (C=O) groups excluding carboxylic acids is 9. The molecule has 408 valence electrons. The lowest BCUT2D eigenvalue weighted by molar-refractivity contribution is -0.129. The largest absolute Gasteiger partial charge is 0.508 e. The number of ketones is 1. The number of phenolic OH excluding ortho intramolecular Hbond substituents is 1. The SMILES string of the molecule is CC1COc2c(N3CCN(C)CC3)c(F)cc3c2N1CC(NCC(=O)NCC(=O)NCC(=O)NCC(=O)NCC(=O)Nc1ccc2c(c1)C(=O)NCCC(=O)N[C@@H](CCN)C(=O)N[C@H](Cc1ccc(O)cc1)CO2)C3=O. The Morgan fingerprint density at radius 1 is 0.776 bits per heavy atom. The van der Waals surface area contributed by atoms with Gasteiger partial charge in [-0.2, -0.15) is 0 Å². The number of phenols is 1. The van der Waals surface area contributed by atoms with Crippen LogP contribution < -0.4 is 72.9 Å². The quantitative estimate of drug-likeness (QED) is 0.0651. The van der Waals surface area contributed by atoms with Crippen LogP contribution in [0.2, 0.25) is 0 Å². The van der Waals surface area contributed by atoms with Crippen LogP contribution in [0.15, 0.2) is 48.5 Å². The molecule has 76 heavy (non-hydrogen) atoms. The summed E-state index contributed by atoms with van der Waals surface area (Å²) in [5, 5.41) is 32.8. The van der Waals surface area contributed by atoms with Crippen molar-refractivity contribution in [2.24, 2.45) is 5.73 Å². The fourth-order valence-corrected chi connectivity index (χ4v) is 8.90. The number of piperazine rings is 1. The van der Waals surface area contributed by atoms with E-state index < -0.39 is 103 Å². The van der Waals surface area contributed by atoms with E-state index in [9.17, 15) is 48.3 Å². The maximum absolute atomic E-state index is 15.7. The van der Waals surface area contributed by atoms with E-state index >= 15 is 4.39 Å². The van der Waals surface area contributed by atoms with Crippen molar-refractivity contribution in [2.45, 2.75) is 50.4 Å². The Morgan fingerprint density at radius 3 is 2.08 bits per heavy atom. The third kappa shape index (κ3) is 14.8. The minimum atomic E-state index is -0.937. The number of Topliss-reactive ketones (excluding diaryl/α,β-unsaturated/α-hetero) is 1. The number of anilines is 3. The van der Waals surface area contributed by atoms with Crippen molar-refractivity contribution in [3.63, 3.8) is 0 Å². The topological polar surface area (TPSA) is 336 Å². The lowest BCUT2D eigenvalue weighted by Gasteiger charge is -2.45. The predicted molar refractivity (Wildman–Crippen MR) is 273 cm³/mol. The Morgan fingerprint density at radius 2 is 1.42 bits per heavy atom. The first kappa shape index (κ1) is 55.6. The summed E-state index contributed by atoms with van der Waals surface area (Å²) < 4.78 is 27.9. The number of amides is 8. The molecule has 0 saturated carbocycles. The van der Waals surface area contributed by atoms with Crippen molar-refractivity contribution in [2.75, 3.05) is 114 Å². The number of nitrogens with one attached hydrogen (secondary N) is 9. The van der Waals surface area contributed by atoms with Crippen molar-refractivity contribution in [1.82, 2.24) is 47.4 Å². The molecule has 3 aromatic carbocycles. The van der Waals surface area contributed by atoms with Gasteiger partial charge in [-0.15, -0.1) is 0 Å². The summed E-state index contributed by atoms with van der Waals surface area (Å²) in [6, 6.07) is 9.20. The highest BCUT2D eigenvalue weighted by molar-refractivity contribution is 6.10. The summed E-state index contributed by atoms with van der Waals surface area (Å²) in [5.74, 6) is -5.61. The number of likely N-dealkylation sites (N-methyl/N-ethyl adjacent to an activating group) is 1. The molecule has 4 aliphatic rings. The van der Waals surface area contributed by atoms with E-state index in [1.165, 1.54) is 36.4 Å². The average Bonchev–Trinajstić information content (AvgIpc) is 3.43. The highest BCUT2D eigenvalue weighted by atomic mass is 19.1. The lowest BCUT2D eigenvalue weighted by Crippen LogP contribution is -2.57. The van der Waals surface area contributed by atoms with Crippen LogP contribution in [0.1, 0.15) is 46.0 Å². The fraction of sp³-hybridized carbons (Fsp3) is 0.460. The Bertz CT molecular complexity index is 2690. The van der Waals surface area contributed by atoms with E-state index in [0.717, 1.165) is 18.7 Å². The van der Waals surface area contributed by atoms with Gasteiger partial charge in [0, 0.05) is 56.9 Å². The summed E-state index contributed by atoms with van der Waals surface area (Å²) in [7, 11) is 2.00. The van der Waals surface area contributed by atoms with Crippen LogP contribution in [0.4, 0.5) is 21.5 Å². The van der Waals surface area contributed by atoms with E-state index in [-0.39, 0.29) is 93.0 Å². The van der Waals surface area contributed by atoms with Crippen LogP contribution in [0.3, 0.4) is 0 Å². The monoisotopic (exact) mass is 1060 g/mol. The molecule has 1 saturated heterocycles. The number of fused-ring (bicyclic) bond motifs is 1. The lowest BCUT2D eigenvalue weighted by atomic mass is 9.92. The van der Waals surface area contributed by atoms with Crippen LogP contribution in [0.25, 0.3) is 0 Å². The first-order valence-electron chi connectivity index (χ1n) is 24.9. The van der Waals surface area contributed by atoms with E-state index in [0.29, 0.717) is 30.2 Å². The Kier molecular flexibility index (Phi) is 19.0. The molecule has 7 rings (SSSR count). The van der Waals surface area contributed by atoms with Gasteiger partial charge in [-0.05, 0) is 75.3 Å². The van der Waals surface area contributed by atoms with Gasteiger partial charge < -0.3 is 77.5 Å². The van der Waals surface area contributed by atoms with E-state index in [4.69, 9.17) is 15.2 Å². The highest BCUT2D eigenvalue weighted by Crippen LogP contribution is 2.48. The van der Waals surface area contributed by atoms with Gasteiger partial charge in [-0.3, -0.25) is 48.5 Å². The van der Waals surface area contributed by atoms with Crippen LogP contribution in [0.5, 0.6) is 17.2 Å². The Balaban J connectivity index is 0.827. The first-order valence-corrected chi connectivity index (χ1v) is 24.9. The minimum absolute atomic E-state index is 0.00935. The zero-order valence-corrected chi connectivity index (χ0v) is 42.2. The van der Waals surface area contributed by atoms with Gasteiger partial charge in [0.15, 0.2) is 17.3 Å². The summed E-state index contributed by atoms with van der Waals surface area (Å²) in [4.78, 5) is 122. The molecule has 25 nitrogen and oxygen atoms in total. The molecule has 0 bridgehead atoms. The van der Waals surface area contributed by atoms with Gasteiger partial charge in [0.2, 0.25) is 41.4 Å². The normalized spacial score (nSPS) is 19.9. The van der Waals surface area contributed by atoms with Crippen LogP contribution in [-0.4, -0.2) is 186 Å². The maximum Gasteiger partial charge on any atom is 0.255 e. The number of nitrogens with two attached hydrogens (primary N) is 1. The molecule has 1 fully saturated rings. The molecule has 4 heterocycles. The second-order valence-corrected chi connectivity index (χ2v) is 18.8. The molecular weight excluding hydrogens is 994 g/mol. The van der Waals surface area contributed by atoms with Crippen LogP contribution in [-0.2, 0) is 40.0 Å². The maximum atomic E-state index is 15.7. The van der Waals surface area contributed by atoms with Crippen molar-refractivity contribution < 1.29 is 62.1 Å². The summed E-state index contributed by atoms with van der Waals surface area (Å²) in [6.07, 6.45) is 0.248. The summed E-state index contributed by atoms with van der Waals surface area (Å²) >= 11 is 0. The van der Waals surface area contributed by atoms with Gasteiger partial charge in [0.05, 0.1) is 62.1 Å². The zero-order valence-electron chi connectivity index (χ0n) is 42.2. The molecule has 4 aliphatic heterocycles. The van der Waals surface area contributed by atoms with Crippen LogP contribution >= 0.6 is 0 Å². The van der Waals surface area contributed by atoms with E-state index in [1.54, 1.807) is 12.1 Å². The summed E-state index contributed by atoms with van der Waals surface area (Å²) in [6.45, 7) is 2.53. The molecule has 2 unspecified atom stereocenters. The molecule has 0 aliphatic carbocycles. The molecular formula is C50H64FN13O12. The summed E-state index contributed by atoms with van der Waals surface area (Å²) in [5.41, 5.74) is 7.64. The van der Waals surface area contributed by atoms with Gasteiger partial charge in [-0.1, -0.05) is 12.1 Å². The van der Waals surface area contributed by atoms with Gasteiger partial charge >= 0.3 is 0 Å². The van der Waals surface area contributed by atoms with Crippen LogP contribution in [0, 0.1) is 5.82 Å². The number of aromatic hydroxyl groups is 1. The molecule has 8 amide bonds. The molecule has 0 spiro atoms. The number of hydrogen-bond acceptors (Lipinski definition) is 17. The number of benzene rings is 3. The van der Waals surface area contributed by atoms with Gasteiger partial charge in [0.25, 0.3) is 5.91 Å². The predicted octanol–water partition coefficient (Wildman–Crippen LogP) is -2.80. The fourth-order valence-electron chi connectivity index (χ4n) is 8.90. The van der Waals surface area contributed by atoms with Crippen molar-refractivity contribution >= 4 is 70.1 Å². The van der Waals surface area contributed by atoms with Gasteiger partial charge in [0.1, 0.15) is 36.4 Å². The standard InChI is InChI=1S/C50H64FN13O12/c1-28-26-76-48-45-34(19-35(51)46(48)63-15-13-62(2)14-16-63)47(72)37(25-64(28)45)54-20-40(67)55-21-41(68)56-22-42(69)57-23-43(70)58-24-44(71)59-30-5-8-38-33(18-30)49(73)53-12-10-39(66)61-36(9-11-52)50(74)60-31(27-75-38)17-29-3-6-32(65)7-4-29/h3-8,18-19,28,31,36-37,54,65H,9-17,20-27,52H2,1-2H3,(H,53,73)(H,55,67)(H,56,68)(H,57,69)(H,58,70)(H,59,71)(H,60,74)(H,61,66)/t28?,31-,36+,37?/m1/s1. The van der Waals surface area contributed by atoms with Gasteiger partial charge in [-0.25, -0.2) is 4.39 Å². The third-order valence-electron chi connectivity index (χ3n) is 13.0. The molecule has 4 atom stereocenters.